The number of nitrogens with zero attached hydrogens (tertiary/aromatic N) is 3. The minimum absolute atomic E-state index is 0.598. The first-order valence-electron chi connectivity index (χ1n) is 11.3. The fraction of sp³-hybridized carbons (Fsp3) is 0.308. The zero-order valence-electron chi connectivity index (χ0n) is 18.7. The molecule has 0 saturated carbocycles. The Morgan fingerprint density at radius 1 is 1.09 bits per heavy atom. The van der Waals surface area contributed by atoms with Crippen molar-refractivity contribution in [2.45, 2.75) is 32.6 Å². The predicted octanol–water partition coefficient (Wildman–Crippen LogP) is 5.12. The molecule has 1 atom stereocenters. The maximum atomic E-state index is 5.59. The SMILES string of the molecule is COc1cc(-c2cc3[nH]c4ccc(C5CCCNC5)cc4c3c(C)c2C)cn2ncnc12. The van der Waals surface area contributed by atoms with Crippen LogP contribution in [0.2, 0.25) is 0 Å². The van der Waals surface area contributed by atoms with E-state index in [1.165, 1.54) is 51.4 Å². The van der Waals surface area contributed by atoms with E-state index in [1.807, 2.05) is 6.20 Å². The third kappa shape index (κ3) is 2.90. The molecule has 0 aliphatic carbocycles. The van der Waals surface area contributed by atoms with Gasteiger partial charge in [-0.15, -0.1) is 0 Å². The van der Waals surface area contributed by atoms with Gasteiger partial charge in [-0.1, -0.05) is 6.07 Å². The van der Waals surface area contributed by atoms with Crippen molar-refractivity contribution in [1.29, 1.82) is 0 Å². The van der Waals surface area contributed by atoms with Gasteiger partial charge in [0.15, 0.2) is 11.4 Å². The molecule has 6 rings (SSSR count). The number of aryl methyl sites for hydroxylation is 1. The zero-order valence-corrected chi connectivity index (χ0v) is 18.7. The number of ether oxygens (including phenoxy) is 1. The van der Waals surface area contributed by atoms with E-state index < -0.39 is 0 Å². The van der Waals surface area contributed by atoms with E-state index in [0.29, 0.717) is 5.92 Å². The molecule has 0 radical (unpaired) electrons. The first-order chi connectivity index (χ1) is 15.6. The second kappa shape index (κ2) is 7.35. The van der Waals surface area contributed by atoms with Crippen molar-refractivity contribution < 1.29 is 4.74 Å². The highest BCUT2D eigenvalue weighted by Crippen LogP contribution is 2.38. The normalized spacial score (nSPS) is 16.9. The average Bonchev–Trinajstić information content (AvgIpc) is 3.45. The van der Waals surface area contributed by atoms with Crippen LogP contribution in [-0.2, 0) is 0 Å². The van der Waals surface area contributed by atoms with Crippen molar-refractivity contribution >= 4 is 27.5 Å². The molecule has 1 unspecified atom stereocenters. The Morgan fingerprint density at radius 3 is 2.81 bits per heavy atom. The Labute approximate surface area is 186 Å². The van der Waals surface area contributed by atoms with Crippen LogP contribution in [0.25, 0.3) is 38.6 Å². The number of H-pyrrole nitrogens is 1. The molecule has 6 nitrogen and oxygen atoms in total. The van der Waals surface area contributed by atoms with Gasteiger partial charge in [-0.25, -0.2) is 9.50 Å². The van der Waals surface area contributed by atoms with E-state index in [2.05, 4.69) is 64.6 Å². The van der Waals surface area contributed by atoms with E-state index in [0.717, 1.165) is 35.6 Å². The number of fused-ring (bicyclic) bond motifs is 4. The van der Waals surface area contributed by atoms with Crippen LogP contribution in [0.5, 0.6) is 5.75 Å². The molecule has 5 aromatic rings. The van der Waals surface area contributed by atoms with Crippen LogP contribution in [-0.4, -0.2) is 39.8 Å². The molecule has 1 fully saturated rings. The largest absolute Gasteiger partial charge is 0.493 e. The molecule has 3 aromatic heterocycles. The van der Waals surface area contributed by atoms with E-state index in [4.69, 9.17) is 4.74 Å². The van der Waals surface area contributed by atoms with Gasteiger partial charge in [-0.05, 0) is 85.7 Å². The van der Waals surface area contributed by atoms with Gasteiger partial charge in [0.1, 0.15) is 6.33 Å². The lowest BCUT2D eigenvalue weighted by atomic mass is 9.89. The highest BCUT2D eigenvalue weighted by atomic mass is 16.5. The Morgan fingerprint density at radius 2 is 2.00 bits per heavy atom. The van der Waals surface area contributed by atoms with Crippen molar-refractivity contribution in [1.82, 2.24) is 24.9 Å². The van der Waals surface area contributed by atoms with Crippen LogP contribution in [0, 0.1) is 13.8 Å². The summed E-state index contributed by atoms with van der Waals surface area (Å²) in [7, 11) is 1.67. The Kier molecular flexibility index (Phi) is 4.43. The number of aromatic amines is 1. The molecule has 1 aliphatic heterocycles. The zero-order chi connectivity index (χ0) is 21.8. The van der Waals surface area contributed by atoms with Gasteiger partial charge in [-0.3, -0.25) is 0 Å². The molecular weight excluding hydrogens is 398 g/mol. The number of piperidine rings is 1. The van der Waals surface area contributed by atoms with Gasteiger partial charge in [-0.2, -0.15) is 5.10 Å². The summed E-state index contributed by atoms with van der Waals surface area (Å²) < 4.78 is 7.37. The summed E-state index contributed by atoms with van der Waals surface area (Å²) in [6, 6.07) is 11.3. The van der Waals surface area contributed by atoms with Crippen LogP contribution in [0.1, 0.15) is 35.4 Å². The molecule has 32 heavy (non-hydrogen) atoms. The molecule has 1 saturated heterocycles. The van der Waals surface area contributed by atoms with Crippen molar-refractivity contribution in [3.8, 4) is 16.9 Å². The van der Waals surface area contributed by atoms with E-state index in [1.54, 1.807) is 18.0 Å². The van der Waals surface area contributed by atoms with Crippen LogP contribution >= 0.6 is 0 Å². The smallest absolute Gasteiger partial charge is 0.197 e. The molecule has 1 aliphatic rings. The van der Waals surface area contributed by atoms with Gasteiger partial charge in [0.05, 0.1) is 7.11 Å². The van der Waals surface area contributed by atoms with E-state index in [9.17, 15) is 0 Å². The molecule has 2 aromatic carbocycles. The second-order valence-corrected chi connectivity index (χ2v) is 8.90. The van der Waals surface area contributed by atoms with Gasteiger partial charge in [0, 0.05) is 40.1 Å². The molecule has 2 N–H and O–H groups in total. The maximum absolute atomic E-state index is 5.59. The molecule has 6 heteroatoms. The number of nitrogens with one attached hydrogen (secondary N) is 2. The van der Waals surface area contributed by atoms with Crippen molar-refractivity contribution in [3.63, 3.8) is 0 Å². The Balaban J connectivity index is 1.54. The third-order valence-electron chi connectivity index (χ3n) is 7.12. The fourth-order valence-corrected chi connectivity index (χ4v) is 5.27. The summed E-state index contributed by atoms with van der Waals surface area (Å²) in [5.74, 6) is 1.32. The number of rotatable bonds is 3. The monoisotopic (exact) mass is 425 g/mol. The topological polar surface area (TPSA) is 67.2 Å². The lowest BCUT2D eigenvalue weighted by Gasteiger charge is -2.23. The standard InChI is InChI=1S/C26H27N5O/c1-15-16(2)25-21-9-17(18-5-4-8-27-12-18)6-7-22(21)30-23(25)11-20(15)19-10-24(32-3)26-28-14-29-31(26)13-19/h6-7,9-11,13-14,18,27,30H,4-5,8,12H2,1-3H3. The van der Waals surface area contributed by atoms with Gasteiger partial charge >= 0.3 is 0 Å². The molecule has 162 valence electrons. The maximum Gasteiger partial charge on any atom is 0.197 e. The van der Waals surface area contributed by atoms with Crippen LogP contribution < -0.4 is 10.1 Å². The Hall–Kier alpha value is -3.38. The number of hydrogen-bond donors (Lipinski definition) is 2. The van der Waals surface area contributed by atoms with Crippen LogP contribution in [0.15, 0.2) is 42.9 Å². The lowest BCUT2D eigenvalue weighted by molar-refractivity contribution is 0.417. The summed E-state index contributed by atoms with van der Waals surface area (Å²) in [5.41, 5.74) is 9.33. The Bertz CT molecular complexity index is 1470. The summed E-state index contributed by atoms with van der Waals surface area (Å²) in [4.78, 5) is 7.97. The molecule has 0 spiro atoms. The molecular formula is C26H27N5O. The van der Waals surface area contributed by atoms with Crippen LogP contribution in [0.3, 0.4) is 0 Å². The summed E-state index contributed by atoms with van der Waals surface area (Å²) in [6.45, 7) is 6.64. The van der Waals surface area contributed by atoms with Crippen molar-refractivity contribution in [2.24, 2.45) is 0 Å². The summed E-state index contributed by atoms with van der Waals surface area (Å²) in [5, 5.41) is 10.5. The first kappa shape index (κ1) is 19.3. The van der Waals surface area contributed by atoms with Crippen molar-refractivity contribution in [3.05, 3.63) is 59.5 Å². The van der Waals surface area contributed by atoms with Gasteiger partial charge < -0.3 is 15.0 Å². The second-order valence-electron chi connectivity index (χ2n) is 8.90. The number of methoxy groups -OCH3 is 1. The molecule has 0 bridgehead atoms. The highest BCUT2D eigenvalue weighted by Gasteiger charge is 2.19. The summed E-state index contributed by atoms with van der Waals surface area (Å²) in [6.07, 6.45) is 6.09. The van der Waals surface area contributed by atoms with E-state index in [-0.39, 0.29) is 0 Å². The van der Waals surface area contributed by atoms with Crippen LogP contribution in [0.4, 0.5) is 0 Å². The minimum atomic E-state index is 0.598. The first-order valence-corrected chi connectivity index (χ1v) is 11.3. The third-order valence-corrected chi connectivity index (χ3v) is 7.12. The number of aromatic nitrogens is 4. The molecule has 4 heterocycles. The quantitative estimate of drug-likeness (QED) is 0.421. The summed E-state index contributed by atoms with van der Waals surface area (Å²) >= 11 is 0. The lowest BCUT2D eigenvalue weighted by Crippen LogP contribution is -2.28. The average molecular weight is 426 g/mol. The highest BCUT2D eigenvalue weighted by molar-refractivity contribution is 6.11. The van der Waals surface area contributed by atoms with Crippen molar-refractivity contribution in [2.75, 3.05) is 20.2 Å². The predicted molar refractivity (Wildman–Crippen MR) is 129 cm³/mol. The van der Waals surface area contributed by atoms with E-state index >= 15 is 0 Å². The number of benzene rings is 2. The van der Waals surface area contributed by atoms with Gasteiger partial charge in [0.25, 0.3) is 0 Å². The molecule has 0 amide bonds. The number of pyridine rings is 1. The van der Waals surface area contributed by atoms with Gasteiger partial charge in [0.2, 0.25) is 0 Å². The minimum Gasteiger partial charge on any atom is -0.493 e. The number of hydrogen-bond acceptors (Lipinski definition) is 4. The fourth-order valence-electron chi connectivity index (χ4n) is 5.27.